The average molecular weight is 272 g/mol. The second-order valence-corrected chi connectivity index (χ2v) is 4.93. The Labute approximate surface area is 118 Å². The molecule has 2 aromatic rings. The van der Waals surface area contributed by atoms with E-state index in [2.05, 4.69) is 10.4 Å². The summed E-state index contributed by atoms with van der Waals surface area (Å²) >= 11 is 0. The summed E-state index contributed by atoms with van der Waals surface area (Å²) in [5.74, 6) is 0.403. The van der Waals surface area contributed by atoms with Crippen LogP contribution in [0.2, 0.25) is 0 Å². The van der Waals surface area contributed by atoms with E-state index in [0.29, 0.717) is 18.9 Å². The Hall–Kier alpha value is -2.14. The normalized spacial score (nSPS) is 12.1. The number of benzene rings is 1. The van der Waals surface area contributed by atoms with Crippen molar-refractivity contribution in [2.45, 2.75) is 19.8 Å². The Morgan fingerprint density at radius 2 is 2.15 bits per heavy atom. The lowest BCUT2D eigenvalue weighted by molar-refractivity contribution is -0.116. The number of aromatic nitrogens is 2. The van der Waals surface area contributed by atoms with E-state index in [1.54, 1.807) is 10.9 Å². The lowest BCUT2D eigenvalue weighted by Gasteiger charge is -2.09. The van der Waals surface area contributed by atoms with Gasteiger partial charge in [-0.15, -0.1) is 0 Å². The van der Waals surface area contributed by atoms with Gasteiger partial charge < -0.3 is 11.1 Å². The van der Waals surface area contributed by atoms with Crippen LogP contribution in [0.4, 0.5) is 5.69 Å². The van der Waals surface area contributed by atoms with Crippen LogP contribution in [0.1, 0.15) is 19.8 Å². The molecule has 1 amide bonds. The van der Waals surface area contributed by atoms with Gasteiger partial charge in [0, 0.05) is 24.5 Å². The van der Waals surface area contributed by atoms with Crippen LogP contribution in [0.5, 0.6) is 0 Å². The van der Waals surface area contributed by atoms with Crippen LogP contribution in [0, 0.1) is 5.92 Å². The molecule has 3 N–H and O–H groups in total. The van der Waals surface area contributed by atoms with Crippen molar-refractivity contribution in [1.29, 1.82) is 0 Å². The molecule has 0 radical (unpaired) electrons. The zero-order chi connectivity index (χ0) is 14.4. The van der Waals surface area contributed by atoms with Crippen LogP contribution >= 0.6 is 0 Å². The largest absolute Gasteiger partial charge is 0.330 e. The quantitative estimate of drug-likeness (QED) is 0.846. The van der Waals surface area contributed by atoms with Gasteiger partial charge >= 0.3 is 0 Å². The van der Waals surface area contributed by atoms with E-state index in [1.165, 1.54) is 0 Å². The smallest absolute Gasteiger partial charge is 0.224 e. The number of rotatable bonds is 6. The molecular weight excluding hydrogens is 252 g/mol. The second-order valence-electron chi connectivity index (χ2n) is 4.93. The second kappa shape index (κ2) is 6.86. The van der Waals surface area contributed by atoms with Crippen LogP contribution in [-0.4, -0.2) is 22.2 Å². The summed E-state index contributed by atoms with van der Waals surface area (Å²) in [6.07, 6.45) is 4.92. The molecule has 1 heterocycles. The van der Waals surface area contributed by atoms with Gasteiger partial charge in [0.1, 0.15) is 0 Å². The third-order valence-electron chi connectivity index (χ3n) is 3.19. The Balaban J connectivity index is 1.89. The molecule has 0 fully saturated rings. The van der Waals surface area contributed by atoms with Gasteiger partial charge in [0.05, 0.1) is 5.69 Å². The van der Waals surface area contributed by atoms with Gasteiger partial charge in [-0.3, -0.25) is 4.79 Å². The van der Waals surface area contributed by atoms with Crippen molar-refractivity contribution in [3.8, 4) is 5.69 Å². The van der Waals surface area contributed by atoms with E-state index in [9.17, 15) is 4.79 Å². The van der Waals surface area contributed by atoms with Gasteiger partial charge in [-0.25, -0.2) is 4.68 Å². The summed E-state index contributed by atoms with van der Waals surface area (Å²) in [5, 5.41) is 7.04. The zero-order valence-electron chi connectivity index (χ0n) is 11.6. The first kappa shape index (κ1) is 14.3. The summed E-state index contributed by atoms with van der Waals surface area (Å²) < 4.78 is 1.77. The Morgan fingerprint density at radius 3 is 2.75 bits per heavy atom. The molecule has 0 saturated carbocycles. The molecule has 0 aliphatic heterocycles. The molecule has 1 unspecified atom stereocenters. The molecule has 0 saturated heterocycles. The third kappa shape index (κ3) is 3.93. The molecule has 20 heavy (non-hydrogen) atoms. The SMILES string of the molecule is CC(CN)CCC(=O)Nc1ccc(-n2cccn2)cc1. The van der Waals surface area contributed by atoms with Crippen molar-refractivity contribution in [2.75, 3.05) is 11.9 Å². The molecule has 106 valence electrons. The van der Waals surface area contributed by atoms with Crippen molar-refractivity contribution in [3.05, 3.63) is 42.7 Å². The molecule has 5 heteroatoms. The minimum absolute atomic E-state index is 0.0251. The molecule has 1 aromatic heterocycles. The monoisotopic (exact) mass is 272 g/mol. The predicted octanol–water partition coefficient (Wildman–Crippen LogP) is 2.19. The average Bonchev–Trinajstić information content (AvgIpc) is 2.99. The van der Waals surface area contributed by atoms with E-state index in [-0.39, 0.29) is 5.91 Å². The number of nitrogens with zero attached hydrogens (tertiary/aromatic N) is 2. The number of carbonyl (C=O) groups excluding carboxylic acids is 1. The first-order valence-corrected chi connectivity index (χ1v) is 6.79. The number of nitrogens with one attached hydrogen (secondary N) is 1. The standard InChI is InChI=1S/C15H20N4O/c1-12(11-16)3-8-15(20)18-13-4-6-14(7-5-13)19-10-2-9-17-19/h2,4-7,9-10,12H,3,8,11,16H2,1H3,(H,18,20). The molecule has 0 aliphatic carbocycles. The maximum atomic E-state index is 11.8. The van der Waals surface area contributed by atoms with E-state index >= 15 is 0 Å². The number of amides is 1. The molecule has 1 aromatic carbocycles. The zero-order valence-corrected chi connectivity index (χ0v) is 11.6. The fourth-order valence-electron chi connectivity index (χ4n) is 1.84. The molecule has 0 spiro atoms. The van der Waals surface area contributed by atoms with Gasteiger partial charge in [-0.1, -0.05) is 6.92 Å². The maximum Gasteiger partial charge on any atom is 0.224 e. The first-order chi connectivity index (χ1) is 9.69. The van der Waals surface area contributed by atoms with Crippen molar-refractivity contribution in [2.24, 2.45) is 11.7 Å². The fourth-order valence-corrected chi connectivity index (χ4v) is 1.84. The topological polar surface area (TPSA) is 72.9 Å². The van der Waals surface area contributed by atoms with Crippen molar-refractivity contribution in [1.82, 2.24) is 9.78 Å². The Morgan fingerprint density at radius 1 is 1.40 bits per heavy atom. The summed E-state index contributed by atoms with van der Waals surface area (Å²) in [6.45, 7) is 2.66. The summed E-state index contributed by atoms with van der Waals surface area (Å²) in [7, 11) is 0. The van der Waals surface area contributed by atoms with E-state index in [1.807, 2.05) is 43.5 Å². The van der Waals surface area contributed by atoms with Crippen LogP contribution in [-0.2, 0) is 4.79 Å². The van der Waals surface area contributed by atoms with E-state index < -0.39 is 0 Å². The summed E-state index contributed by atoms with van der Waals surface area (Å²) in [6, 6.07) is 9.47. The lowest BCUT2D eigenvalue weighted by Crippen LogP contribution is -2.16. The molecule has 0 aliphatic rings. The molecule has 5 nitrogen and oxygen atoms in total. The highest BCUT2D eigenvalue weighted by atomic mass is 16.1. The minimum atomic E-state index is 0.0251. The van der Waals surface area contributed by atoms with Crippen LogP contribution in [0.15, 0.2) is 42.7 Å². The fraction of sp³-hybridized carbons (Fsp3) is 0.333. The number of nitrogens with two attached hydrogens (primary N) is 1. The molecule has 0 bridgehead atoms. The van der Waals surface area contributed by atoms with Crippen molar-refractivity contribution < 1.29 is 4.79 Å². The first-order valence-electron chi connectivity index (χ1n) is 6.79. The van der Waals surface area contributed by atoms with E-state index in [4.69, 9.17) is 5.73 Å². The summed E-state index contributed by atoms with van der Waals surface area (Å²) in [5.41, 5.74) is 7.29. The maximum absolute atomic E-state index is 11.8. The predicted molar refractivity (Wildman–Crippen MR) is 79.6 cm³/mol. The van der Waals surface area contributed by atoms with Crippen molar-refractivity contribution in [3.63, 3.8) is 0 Å². The minimum Gasteiger partial charge on any atom is -0.330 e. The van der Waals surface area contributed by atoms with E-state index in [0.717, 1.165) is 17.8 Å². The third-order valence-corrected chi connectivity index (χ3v) is 3.19. The highest BCUT2D eigenvalue weighted by molar-refractivity contribution is 5.90. The highest BCUT2D eigenvalue weighted by Gasteiger charge is 2.06. The lowest BCUT2D eigenvalue weighted by atomic mass is 10.1. The van der Waals surface area contributed by atoms with Crippen LogP contribution < -0.4 is 11.1 Å². The van der Waals surface area contributed by atoms with Gasteiger partial charge in [-0.05, 0) is 49.2 Å². The van der Waals surface area contributed by atoms with Crippen LogP contribution in [0.3, 0.4) is 0 Å². The summed E-state index contributed by atoms with van der Waals surface area (Å²) in [4.78, 5) is 11.8. The molecular formula is C15H20N4O. The number of hydrogen-bond donors (Lipinski definition) is 2. The number of anilines is 1. The Kier molecular flexibility index (Phi) is 4.90. The molecule has 2 rings (SSSR count). The van der Waals surface area contributed by atoms with Crippen molar-refractivity contribution >= 4 is 11.6 Å². The van der Waals surface area contributed by atoms with Gasteiger partial charge in [0.15, 0.2) is 0 Å². The highest BCUT2D eigenvalue weighted by Crippen LogP contribution is 2.13. The van der Waals surface area contributed by atoms with Gasteiger partial charge in [0.2, 0.25) is 5.91 Å². The van der Waals surface area contributed by atoms with Gasteiger partial charge in [-0.2, -0.15) is 5.10 Å². The van der Waals surface area contributed by atoms with Gasteiger partial charge in [0.25, 0.3) is 0 Å². The molecule has 1 atom stereocenters. The Bertz CT molecular complexity index is 534. The van der Waals surface area contributed by atoms with Crippen LogP contribution in [0.25, 0.3) is 5.69 Å². The number of carbonyl (C=O) groups is 1. The number of hydrogen-bond acceptors (Lipinski definition) is 3.